The van der Waals surface area contributed by atoms with Crippen molar-refractivity contribution in [3.63, 3.8) is 0 Å². The van der Waals surface area contributed by atoms with Gasteiger partial charge < -0.3 is 20.4 Å². The van der Waals surface area contributed by atoms with E-state index >= 15 is 0 Å². The van der Waals surface area contributed by atoms with Crippen molar-refractivity contribution in [3.05, 3.63) is 90.0 Å². The molecule has 1 unspecified atom stereocenters. The van der Waals surface area contributed by atoms with Crippen LogP contribution < -0.4 is 15.5 Å². The van der Waals surface area contributed by atoms with Crippen LogP contribution in [0.5, 0.6) is 0 Å². The minimum atomic E-state index is -3.50. The molecule has 2 atom stereocenters. The number of amides is 2. The van der Waals surface area contributed by atoms with Crippen LogP contribution in [0.15, 0.2) is 88.7 Å². The molecule has 0 aliphatic carbocycles. The Balaban J connectivity index is 0.00000281. The van der Waals surface area contributed by atoms with Crippen LogP contribution in [0.4, 0.5) is 10.5 Å². The first-order valence-corrected chi connectivity index (χ1v) is 19.4. The number of rotatable bonds is 12. The molecule has 9 heteroatoms. The highest BCUT2D eigenvalue weighted by molar-refractivity contribution is 7.91. The fourth-order valence-corrected chi connectivity index (χ4v) is 9.89. The third-order valence-corrected chi connectivity index (χ3v) is 12.9. The Hall–Kier alpha value is -3.40. The summed E-state index contributed by atoms with van der Waals surface area (Å²) in [7, 11) is -1.80. The summed E-state index contributed by atoms with van der Waals surface area (Å²) in [5.74, 6) is 1.17. The molecule has 262 valence electrons. The van der Waals surface area contributed by atoms with Crippen LogP contribution in [0.3, 0.4) is 0 Å². The van der Waals surface area contributed by atoms with Crippen molar-refractivity contribution in [3.8, 4) is 0 Å². The summed E-state index contributed by atoms with van der Waals surface area (Å²) in [6.45, 7) is 12.9. The standard InChI is InChI=1S/C39H53N5O3S.2H2/c1-4-11-33(41-38(45)40-3)24-39(29-42(5-2)28-31-12-9-10-15-37(31)39)32-20-22-43(23-21-32)25-30-26-44(27-30)34-16-18-36(19-17-34)48(46,47)35-13-7-6-8-14-35;;/h6-10,12-19,30,32-33H,4-5,11,20-29H2,1-3H3,(H2,40,41,45);2*1H/t33-,39?;;/m0../s1. The lowest BCUT2D eigenvalue weighted by molar-refractivity contribution is 0.0592. The number of likely N-dealkylation sites (tertiary alicyclic amines) is 1. The fourth-order valence-electron chi connectivity index (χ4n) is 8.61. The second-order valence-electron chi connectivity index (χ2n) is 14.2. The van der Waals surface area contributed by atoms with Gasteiger partial charge in [0.05, 0.1) is 9.79 Å². The predicted molar refractivity (Wildman–Crippen MR) is 197 cm³/mol. The van der Waals surface area contributed by atoms with Crippen molar-refractivity contribution >= 4 is 21.6 Å². The van der Waals surface area contributed by atoms with Gasteiger partial charge in [0.1, 0.15) is 0 Å². The minimum Gasteiger partial charge on any atom is -0.371 e. The van der Waals surface area contributed by atoms with Gasteiger partial charge in [-0.15, -0.1) is 0 Å². The van der Waals surface area contributed by atoms with E-state index in [1.807, 2.05) is 18.2 Å². The van der Waals surface area contributed by atoms with Gasteiger partial charge in [0, 0.05) is 65.7 Å². The average Bonchev–Trinajstić information content (AvgIpc) is 3.10. The van der Waals surface area contributed by atoms with Crippen molar-refractivity contribution in [1.29, 1.82) is 0 Å². The lowest BCUT2D eigenvalue weighted by Gasteiger charge is -2.52. The SMILES string of the molecule is CCC[C@@H](CC1(C2CCN(CC3CN(c4ccc(S(=O)(=O)c5ccccc5)cc4)C3)CC2)CN(CC)Cc2ccccc21)NC(=O)NC.[HH].[HH]. The average molecular weight is 676 g/mol. The van der Waals surface area contributed by atoms with Crippen LogP contribution in [-0.4, -0.2) is 83.2 Å². The van der Waals surface area contributed by atoms with E-state index in [0.29, 0.717) is 21.6 Å². The molecule has 3 aromatic carbocycles. The molecule has 8 nitrogen and oxygen atoms in total. The van der Waals surface area contributed by atoms with Crippen LogP contribution in [0.2, 0.25) is 0 Å². The molecule has 0 spiro atoms. The van der Waals surface area contributed by atoms with Gasteiger partial charge in [0.25, 0.3) is 0 Å². The Labute approximate surface area is 290 Å². The molecule has 2 amide bonds. The maximum atomic E-state index is 13.0. The fraction of sp³-hybridized carbons (Fsp3) is 0.513. The second-order valence-corrected chi connectivity index (χ2v) is 16.1. The van der Waals surface area contributed by atoms with Crippen LogP contribution >= 0.6 is 0 Å². The molecular formula is C39H57N5O3S. The zero-order chi connectivity index (χ0) is 33.7. The number of likely N-dealkylation sites (N-methyl/N-ethyl adjacent to an activating group) is 1. The number of nitrogens with zero attached hydrogens (tertiary/aromatic N) is 3. The maximum absolute atomic E-state index is 13.0. The van der Waals surface area contributed by atoms with Crippen molar-refractivity contribution in [1.82, 2.24) is 20.4 Å². The largest absolute Gasteiger partial charge is 0.371 e. The van der Waals surface area contributed by atoms with Crippen molar-refractivity contribution in [2.45, 2.75) is 73.7 Å². The monoisotopic (exact) mass is 675 g/mol. The van der Waals surface area contributed by atoms with Gasteiger partial charge in [0.2, 0.25) is 9.84 Å². The quantitative estimate of drug-likeness (QED) is 0.231. The Bertz CT molecular complexity index is 1630. The normalized spacial score (nSPS) is 21.7. The van der Waals surface area contributed by atoms with Gasteiger partial charge >= 0.3 is 6.03 Å². The first-order chi connectivity index (χ1) is 23.2. The molecule has 2 N–H and O–H groups in total. The number of hydrogen-bond acceptors (Lipinski definition) is 6. The summed E-state index contributed by atoms with van der Waals surface area (Å²) >= 11 is 0. The molecule has 0 radical (unpaired) electrons. The predicted octanol–water partition coefficient (Wildman–Crippen LogP) is 6.42. The maximum Gasteiger partial charge on any atom is 0.314 e. The van der Waals surface area contributed by atoms with E-state index < -0.39 is 9.84 Å². The zero-order valence-corrected chi connectivity index (χ0v) is 29.7. The van der Waals surface area contributed by atoms with E-state index in [1.165, 1.54) is 24.0 Å². The van der Waals surface area contributed by atoms with E-state index in [2.05, 4.69) is 63.4 Å². The number of carbonyl (C=O) groups excluding carboxylic acids is 1. The lowest BCUT2D eigenvalue weighted by Crippen LogP contribution is -2.57. The van der Waals surface area contributed by atoms with Gasteiger partial charge in [0.15, 0.2) is 0 Å². The molecule has 6 rings (SSSR count). The highest BCUT2D eigenvalue weighted by Crippen LogP contribution is 2.47. The second kappa shape index (κ2) is 15.0. The Morgan fingerprint density at radius 3 is 2.25 bits per heavy atom. The van der Waals surface area contributed by atoms with Crippen molar-refractivity contribution in [2.24, 2.45) is 11.8 Å². The molecular weight excluding hydrogens is 619 g/mol. The van der Waals surface area contributed by atoms with Crippen molar-refractivity contribution < 1.29 is 16.1 Å². The number of carbonyl (C=O) groups is 1. The van der Waals surface area contributed by atoms with Crippen molar-refractivity contribution in [2.75, 3.05) is 57.8 Å². The number of nitrogens with one attached hydrogen (secondary N) is 2. The summed E-state index contributed by atoms with van der Waals surface area (Å²) in [6.07, 6.45) is 5.32. The van der Waals surface area contributed by atoms with Crippen LogP contribution in [-0.2, 0) is 21.8 Å². The number of hydrogen-bond donors (Lipinski definition) is 2. The van der Waals surface area contributed by atoms with E-state index in [-0.39, 0.29) is 20.3 Å². The molecule has 2 saturated heterocycles. The Kier molecular flexibility index (Phi) is 10.8. The number of sulfone groups is 1. The Morgan fingerprint density at radius 1 is 0.917 bits per heavy atom. The van der Waals surface area contributed by atoms with E-state index in [0.717, 1.165) is 77.3 Å². The molecule has 3 aromatic rings. The van der Waals surface area contributed by atoms with E-state index in [4.69, 9.17) is 0 Å². The highest BCUT2D eigenvalue weighted by atomic mass is 32.2. The first-order valence-electron chi connectivity index (χ1n) is 17.9. The highest BCUT2D eigenvalue weighted by Gasteiger charge is 2.47. The molecule has 0 bridgehead atoms. The van der Waals surface area contributed by atoms with E-state index in [1.54, 1.807) is 43.4 Å². The minimum absolute atomic E-state index is 0. The molecule has 48 heavy (non-hydrogen) atoms. The van der Waals surface area contributed by atoms with Crippen LogP contribution in [0.25, 0.3) is 0 Å². The number of benzene rings is 3. The smallest absolute Gasteiger partial charge is 0.314 e. The third-order valence-electron chi connectivity index (χ3n) is 11.1. The summed E-state index contributed by atoms with van der Waals surface area (Å²) < 4.78 is 26.0. The molecule has 3 aliphatic heterocycles. The summed E-state index contributed by atoms with van der Waals surface area (Å²) in [6, 6.07) is 25.1. The molecule has 3 aliphatic rings. The lowest BCUT2D eigenvalue weighted by atomic mass is 9.60. The number of piperidine rings is 1. The Morgan fingerprint density at radius 2 is 1.58 bits per heavy atom. The zero-order valence-electron chi connectivity index (χ0n) is 28.9. The summed E-state index contributed by atoms with van der Waals surface area (Å²) in [4.78, 5) is 20.8. The van der Waals surface area contributed by atoms with Gasteiger partial charge in [-0.1, -0.05) is 62.7 Å². The first kappa shape index (κ1) is 34.5. The summed E-state index contributed by atoms with van der Waals surface area (Å²) in [5.41, 5.74) is 4.04. The summed E-state index contributed by atoms with van der Waals surface area (Å²) in [5, 5.41) is 6.10. The molecule has 0 saturated carbocycles. The third kappa shape index (κ3) is 7.28. The van der Waals surface area contributed by atoms with Gasteiger partial charge in [-0.25, -0.2) is 13.2 Å². The van der Waals surface area contributed by atoms with Crippen LogP contribution in [0, 0.1) is 11.8 Å². The number of anilines is 1. The van der Waals surface area contributed by atoms with Crippen LogP contribution in [0.1, 0.15) is 59.9 Å². The number of urea groups is 1. The number of fused-ring (bicyclic) bond motifs is 1. The van der Waals surface area contributed by atoms with Gasteiger partial charge in [-0.2, -0.15) is 0 Å². The molecule has 0 aromatic heterocycles. The van der Waals surface area contributed by atoms with Gasteiger partial charge in [-0.3, -0.25) is 4.90 Å². The van der Waals surface area contributed by atoms with E-state index in [9.17, 15) is 13.2 Å². The molecule has 3 heterocycles. The topological polar surface area (TPSA) is 85.0 Å². The molecule has 2 fully saturated rings. The van der Waals surface area contributed by atoms with Gasteiger partial charge in [-0.05, 0) is 98.8 Å².